The molecule has 0 amide bonds. The summed E-state index contributed by atoms with van der Waals surface area (Å²) in [5.41, 5.74) is 1.25. The maximum atomic E-state index is 3.95. The normalized spacial score (nSPS) is 13.0. The fourth-order valence-corrected chi connectivity index (χ4v) is 1.71. The first kappa shape index (κ1) is 13.1. The molecule has 1 atom stereocenters. The van der Waals surface area contributed by atoms with Gasteiger partial charge in [0.25, 0.3) is 0 Å². The summed E-state index contributed by atoms with van der Waals surface area (Å²) in [5.74, 6) is 0.751. The van der Waals surface area contributed by atoms with E-state index in [2.05, 4.69) is 42.4 Å². The summed E-state index contributed by atoms with van der Waals surface area (Å²) in [6, 6.07) is 2.48. The zero-order chi connectivity index (χ0) is 11.8. The van der Waals surface area contributed by atoms with Gasteiger partial charge in [-0.15, -0.1) is 0 Å². The number of hydrogen-bond donors (Lipinski definition) is 1. The number of nitrogens with one attached hydrogen (secondary N) is 1. The number of hydrogen-bond acceptors (Lipinski definition) is 3. The summed E-state index contributed by atoms with van der Waals surface area (Å²) in [6.45, 7) is 7.78. The first-order valence-corrected chi connectivity index (χ1v) is 6.24. The van der Waals surface area contributed by atoms with Crippen molar-refractivity contribution >= 4 is 0 Å². The van der Waals surface area contributed by atoms with Crippen molar-refractivity contribution in [2.24, 2.45) is 5.92 Å². The molecule has 0 spiro atoms. The highest BCUT2D eigenvalue weighted by Gasteiger charge is 2.11. The topological polar surface area (TPSA) is 37.8 Å². The molecule has 0 radical (unpaired) electrons. The van der Waals surface area contributed by atoms with Crippen molar-refractivity contribution in [1.29, 1.82) is 0 Å². The van der Waals surface area contributed by atoms with Crippen molar-refractivity contribution in [3.8, 4) is 0 Å². The third kappa shape index (κ3) is 4.71. The van der Waals surface area contributed by atoms with Crippen LogP contribution in [0.2, 0.25) is 0 Å². The summed E-state index contributed by atoms with van der Waals surface area (Å²) in [7, 11) is 0. The molecule has 90 valence electrons. The van der Waals surface area contributed by atoms with Gasteiger partial charge in [0.05, 0.1) is 6.20 Å². The van der Waals surface area contributed by atoms with Gasteiger partial charge in [-0.1, -0.05) is 20.8 Å². The smallest absolute Gasteiger partial charge is 0.0544 e. The van der Waals surface area contributed by atoms with Gasteiger partial charge in [0, 0.05) is 12.2 Å². The summed E-state index contributed by atoms with van der Waals surface area (Å²) in [5, 5.41) is 11.3. The summed E-state index contributed by atoms with van der Waals surface area (Å²) in [4.78, 5) is 0. The zero-order valence-corrected chi connectivity index (χ0v) is 10.6. The van der Waals surface area contributed by atoms with Crippen LogP contribution >= 0.6 is 0 Å². The van der Waals surface area contributed by atoms with Gasteiger partial charge in [-0.2, -0.15) is 10.2 Å². The molecule has 3 nitrogen and oxygen atoms in total. The summed E-state index contributed by atoms with van der Waals surface area (Å²) < 4.78 is 0. The first-order chi connectivity index (χ1) is 7.74. The van der Waals surface area contributed by atoms with Crippen LogP contribution in [0, 0.1) is 5.92 Å². The van der Waals surface area contributed by atoms with Crippen molar-refractivity contribution < 1.29 is 0 Å². The summed E-state index contributed by atoms with van der Waals surface area (Å²) in [6.07, 6.45) is 7.21. The zero-order valence-electron chi connectivity index (χ0n) is 10.6. The highest BCUT2D eigenvalue weighted by molar-refractivity contribution is 5.11. The Hall–Kier alpha value is -0.960. The third-order valence-electron chi connectivity index (χ3n) is 2.68. The number of rotatable bonds is 7. The first-order valence-electron chi connectivity index (χ1n) is 6.24. The standard InChI is InChI=1S/C13H23N3/c1-4-8-14-13(6-5-11(2)3)12-7-9-15-16-10-12/h7,9-11,13-14H,4-6,8H2,1-3H3. The van der Waals surface area contributed by atoms with Gasteiger partial charge in [0.1, 0.15) is 0 Å². The molecule has 0 saturated heterocycles. The van der Waals surface area contributed by atoms with Crippen molar-refractivity contribution in [2.45, 2.75) is 46.1 Å². The van der Waals surface area contributed by atoms with Gasteiger partial charge in [0.15, 0.2) is 0 Å². The van der Waals surface area contributed by atoms with Crippen LogP contribution in [-0.4, -0.2) is 16.7 Å². The van der Waals surface area contributed by atoms with Crippen LogP contribution < -0.4 is 5.32 Å². The molecule has 0 aromatic carbocycles. The highest BCUT2D eigenvalue weighted by atomic mass is 15.1. The summed E-state index contributed by atoms with van der Waals surface area (Å²) >= 11 is 0. The predicted molar refractivity (Wildman–Crippen MR) is 67.1 cm³/mol. The minimum absolute atomic E-state index is 0.429. The Labute approximate surface area is 98.7 Å². The average Bonchev–Trinajstić information content (AvgIpc) is 2.30. The van der Waals surface area contributed by atoms with Crippen molar-refractivity contribution in [1.82, 2.24) is 15.5 Å². The van der Waals surface area contributed by atoms with E-state index < -0.39 is 0 Å². The van der Waals surface area contributed by atoms with Gasteiger partial charge in [-0.05, 0) is 43.4 Å². The van der Waals surface area contributed by atoms with E-state index in [0.717, 1.165) is 18.9 Å². The van der Waals surface area contributed by atoms with Crippen LogP contribution in [-0.2, 0) is 0 Å². The minimum Gasteiger partial charge on any atom is -0.310 e. The molecule has 1 aromatic rings. The van der Waals surface area contributed by atoms with E-state index in [4.69, 9.17) is 0 Å². The van der Waals surface area contributed by atoms with Crippen molar-refractivity contribution in [3.05, 3.63) is 24.0 Å². The molecule has 0 aliphatic carbocycles. The lowest BCUT2D eigenvalue weighted by Gasteiger charge is -2.19. The molecule has 0 fully saturated rings. The van der Waals surface area contributed by atoms with Crippen molar-refractivity contribution in [3.63, 3.8) is 0 Å². The van der Waals surface area contributed by atoms with E-state index in [1.54, 1.807) is 6.20 Å². The second-order valence-electron chi connectivity index (χ2n) is 4.65. The molecular formula is C13H23N3. The largest absolute Gasteiger partial charge is 0.310 e. The second kappa shape index (κ2) is 7.34. The van der Waals surface area contributed by atoms with Gasteiger partial charge in [0.2, 0.25) is 0 Å². The lowest BCUT2D eigenvalue weighted by Crippen LogP contribution is -2.22. The fraction of sp³-hybridized carbons (Fsp3) is 0.692. The highest BCUT2D eigenvalue weighted by Crippen LogP contribution is 2.19. The van der Waals surface area contributed by atoms with E-state index in [9.17, 15) is 0 Å². The molecule has 16 heavy (non-hydrogen) atoms. The van der Waals surface area contributed by atoms with Gasteiger partial charge < -0.3 is 5.32 Å². The molecular weight excluding hydrogens is 198 g/mol. The van der Waals surface area contributed by atoms with E-state index in [0.29, 0.717) is 6.04 Å². The molecule has 0 aliphatic heterocycles. The third-order valence-corrected chi connectivity index (χ3v) is 2.68. The van der Waals surface area contributed by atoms with E-state index in [-0.39, 0.29) is 0 Å². The van der Waals surface area contributed by atoms with Crippen LogP contribution in [0.5, 0.6) is 0 Å². The molecule has 1 aromatic heterocycles. The Balaban J connectivity index is 2.56. The molecule has 0 bridgehead atoms. The van der Waals surface area contributed by atoms with Gasteiger partial charge in [-0.3, -0.25) is 0 Å². The molecule has 1 unspecified atom stereocenters. The Morgan fingerprint density at radius 2 is 2.06 bits per heavy atom. The van der Waals surface area contributed by atoms with Crippen LogP contribution in [0.15, 0.2) is 18.5 Å². The predicted octanol–water partition coefficient (Wildman–Crippen LogP) is 2.95. The Kier molecular flexibility index (Phi) is 6.01. The van der Waals surface area contributed by atoms with Crippen LogP contribution in [0.3, 0.4) is 0 Å². The number of nitrogens with zero attached hydrogens (tertiary/aromatic N) is 2. The molecule has 1 heterocycles. The van der Waals surface area contributed by atoms with Crippen LogP contribution in [0.25, 0.3) is 0 Å². The minimum atomic E-state index is 0.429. The number of aromatic nitrogens is 2. The average molecular weight is 221 g/mol. The van der Waals surface area contributed by atoms with Crippen molar-refractivity contribution in [2.75, 3.05) is 6.54 Å². The maximum Gasteiger partial charge on any atom is 0.0544 e. The van der Waals surface area contributed by atoms with Crippen LogP contribution in [0.1, 0.15) is 51.6 Å². The Bertz CT molecular complexity index is 272. The lowest BCUT2D eigenvalue weighted by atomic mass is 9.99. The van der Waals surface area contributed by atoms with E-state index >= 15 is 0 Å². The molecule has 1 N–H and O–H groups in total. The second-order valence-corrected chi connectivity index (χ2v) is 4.65. The molecule has 0 aliphatic rings. The van der Waals surface area contributed by atoms with Gasteiger partial charge >= 0.3 is 0 Å². The fourth-order valence-electron chi connectivity index (χ4n) is 1.71. The Morgan fingerprint density at radius 3 is 2.62 bits per heavy atom. The van der Waals surface area contributed by atoms with Gasteiger partial charge in [-0.25, -0.2) is 0 Å². The molecule has 1 rings (SSSR count). The molecule has 3 heteroatoms. The van der Waals surface area contributed by atoms with E-state index in [1.807, 2.05) is 6.20 Å². The quantitative estimate of drug-likeness (QED) is 0.769. The molecule has 0 saturated carbocycles. The van der Waals surface area contributed by atoms with Crippen LogP contribution in [0.4, 0.5) is 0 Å². The Morgan fingerprint density at radius 1 is 1.25 bits per heavy atom. The SMILES string of the molecule is CCCNC(CCC(C)C)c1ccnnc1. The maximum absolute atomic E-state index is 3.95. The monoisotopic (exact) mass is 221 g/mol. The van der Waals surface area contributed by atoms with E-state index in [1.165, 1.54) is 18.4 Å². The lowest BCUT2D eigenvalue weighted by molar-refractivity contribution is 0.439.